The third-order valence-electron chi connectivity index (χ3n) is 3.70. The SMILES string of the molecule is CCCC1NCC(=O)N1CC(C)C(C)(C)C. The molecule has 1 saturated heterocycles. The van der Waals surface area contributed by atoms with Crippen molar-refractivity contribution in [2.45, 2.75) is 53.6 Å². The van der Waals surface area contributed by atoms with Crippen molar-refractivity contribution in [3.63, 3.8) is 0 Å². The molecule has 1 N–H and O–H groups in total. The molecule has 2 atom stereocenters. The summed E-state index contributed by atoms with van der Waals surface area (Å²) in [5, 5.41) is 3.29. The number of amides is 1. The largest absolute Gasteiger partial charge is 0.326 e. The summed E-state index contributed by atoms with van der Waals surface area (Å²) in [5.41, 5.74) is 0.264. The molecule has 0 aromatic rings. The zero-order chi connectivity index (χ0) is 12.3. The Kier molecular flexibility index (Phi) is 4.36. The standard InChI is InChI=1S/C13H26N2O/c1-6-7-11-14-8-12(16)15(11)9-10(2)13(3,4)5/h10-11,14H,6-9H2,1-5H3. The van der Waals surface area contributed by atoms with Gasteiger partial charge in [-0.05, 0) is 17.8 Å². The van der Waals surface area contributed by atoms with Crippen molar-refractivity contribution in [1.82, 2.24) is 10.2 Å². The minimum atomic E-state index is 0.259. The first-order valence-electron chi connectivity index (χ1n) is 6.39. The number of rotatable bonds is 4. The Morgan fingerprint density at radius 2 is 2.12 bits per heavy atom. The Labute approximate surface area is 99.6 Å². The number of hydrogen-bond donors (Lipinski definition) is 1. The van der Waals surface area contributed by atoms with E-state index in [4.69, 9.17) is 0 Å². The summed E-state index contributed by atoms with van der Waals surface area (Å²) in [6.07, 6.45) is 2.44. The predicted molar refractivity (Wildman–Crippen MR) is 67.0 cm³/mol. The summed E-state index contributed by atoms with van der Waals surface area (Å²) in [6, 6.07) is 0. The molecule has 3 heteroatoms. The van der Waals surface area contributed by atoms with E-state index in [2.05, 4.69) is 39.9 Å². The fourth-order valence-corrected chi connectivity index (χ4v) is 1.92. The van der Waals surface area contributed by atoms with Gasteiger partial charge in [-0.3, -0.25) is 10.1 Å². The maximum absolute atomic E-state index is 11.8. The van der Waals surface area contributed by atoms with Crippen molar-refractivity contribution in [3.8, 4) is 0 Å². The molecule has 1 fully saturated rings. The van der Waals surface area contributed by atoms with E-state index >= 15 is 0 Å². The number of carbonyl (C=O) groups is 1. The van der Waals surface area contributed by atoms with Crippen LogP contribution in [-0.4, -0.2) is 30.1 Å². The Hall–Kier alpha value is -0.570. The van der Waals surface area contributed by atoms with Gasteiger partial charge in [0.2, 0.25) is 5.91 Å². The van der Waals surface area contributed by atoms with E-state index in [1.807, 2.05) is 4.90 Å². The van der Waals surface area contributed by atoms with Gasteiger partial charge in [0.25, 0.3) is 0 Å². The van der Waals surface area contributed by atoms with Crippen LogP contribution >= 0.6 is 0 Å². The third kappa shape index (κ3) is 3.21. The van der Waals surface area contributed by atoms with Crippen LogP contribution in [0, 0.1) is 11.3 Å². The minimum absolute atomic E-state index is 0.259. The van der Waals surface area contributed by atoms with E-state index < -0.39 is 0 Å². The first-order valence-corrected chi connectivity index (χ1v) is 6.39. The highest BCUT2D eigenvalue weighted by Gasteiger charge is 2.32. The van der Waals surface area contributed by atoms with Crippen LogP contribution in [0.4, 0.5) is 0 Å². The number of carbonyl (C=O) groups excluding carboxylic acids is 1. The van der Waals surface area contributed by atoms with Gasteiger partial charge in [-0.1, -0.05) is 41.0 Å². The maximum atomic E-state index is 11.8. The number of nitrogens with zero attached hydrogens (tertiary/aromatic N) is 1. The van der Waals surface area contributed by atoms with E-state index in [0.29, 0.717) is 12.5 Å². The highest BCUT2D eigenvalue weighted by Crippen LogP contribution is 2.27. The summed E-state index contributed by atoms with van der Waals surface area (Å²) in [4.78, 5) is 13.8. The van der Waals surface area contributed by atoms with Crippen molar-refractivity contribution >= 4 is 5.91 Å². The van der Waals surface area contributed by atoms with E-state index in [1.165, 1.54) is 0 Å². The molecular formula is C13H26N2O. The minimum Gasteiger partial charge on any atom is -0.326 e. The Morgan fingerprint density at radius 3 is 2.62 bits per heavy atom. The van der Waals surface area contributed by atoms with Crippen molar-refractivity contribution < 1.29 is 4.79 Å². The maximum Gasteiger partial charge on any atom is 0.237 e. The highest BCUT2D eigenvalue weighted by molar-refractivity contribution is 5.80. The summed E-state index contributed by atoms with van der Waals surface area (Å²) in [5.74, 6) is 0.783. The molecule has 1 heterocycles. The van der Waals surface area contributed by atoms with E-state index in [9.17, 15) is 4.79 Å². The summed E-state index contributed by atoms with van der Waals surface area (Å²) < 4.78 is 0. The predicted octanol–water partition coefficient (Wildman–Crippen LogP) is 2.23. The molecule has 0 aromatic heterocycles. The number of hydrogen-bond acceptors (Lipinski definition) is 2. The second-order valence-corrected chi connectivity index (χ2v) is 6.00. The summed E-state index contributed by atoms with van der Waals surface area (Å²) >= 11 is 0. The van der Waals surface area contributed by atoms with Gasteiger partial charge in [0.05, 0.1) is 12.7 Å². The zero-order valence-electron chi connectivity index (χ0n) is 11.3. The average molecular weight is 226 g/mol. The van der Waals surface area contributed by atoms with Crippen LogP contribution in [0.2, 0.25) is 0 Å². The monoisotopic (exact) mass is 226 g/mol. The lowest BCUT2D eigenvalue weighted by Crippen LogP contribution is -2.42. The fraction of sp³-hybridized carbons (Fsp3) is 0.923. The topological polar surface area (TPSA) is 32.3 Å². The molecular weight excluding hydrogens is 200 g/mol. The Balaban J connectivity index is 2.59. The molecule has 1 aliphatic heterocycles. The molecule has 1 aliphatic rings. The Bertz CT molecular complexity index is 245. The molecule has 1 rings (SSSR count). The van der Waals surface area contributed by atoms with Crippen LogP contribution in [0.5, 0.6) is 0 Å². The Morgan fingerprint density at radius 1 is 1.50 bits per heavy atom. The van der Waals surface area contributed by atoms with Gasteiger partial charge in [0.1, 0.15) is 0 Å². The van der Waals surface area contributed by atoms with Gasteiger partial charge in [-0.25, -0.2) is 0 Å². The molecule has 0 saturated carbocycles. The van der Waals surface area contributed by atoms with Gasteiger partial charge >= 0.3 is 0 Å². The van der Waals surface area contributed by atoms with Crippen LogP contribution < -0.4 is 5.32 Å². The lowest BCUT2D eigenvalue weighted by molar-refractivity contribution is -0.129. The molecule has 94 valence electrons. The molecule has 2 unspecified atom stereocenters. The first-order chi connectivity index (χ1) is 7.36. The smallest absolute Gasteiger partial charge is 0.237 e. The van der Waals surface area contributed by atoms with Crippen molar-refractivity contribution in [3.05, 3.63) is 0 Å². The van der Waals surface area contributed by atoms with Crippen LogP contribution in [0.25, 0.3) is 0 Å². The lowest BCUT2D eigenvalue weighted by Gasteiger charge is -2.33. The van der Waals surface area contributed by atoms with Gasteiger partial charge in [-0.2, -0.15) is 0 Å². The van der Waals surface area contributed by atoms with Gasteiger partial charge in [0.15, 0.2) is 0 Å². The lowest BCUT2D eigenvalue weighted by atomic mass is 9.82. The third-order valence-corrected chi connectivity index (χ3v) is 3.70. The fourth-order valence-electron chi connectivity index (χ4n) is 1.92. The molecule has 0 bridgehead atoms. The molecule has 16 heavy (non-hydrogen) atoms. The average Bonchev–Trinajstić information content (AvgIpc) is 2.49. The number of nitrogens with one attached hydrogen (secondary N) is 1. The summed E-state index contributed by atoms with van der Waals surface area (Å²) in [6.45, 7) is 12.5. The second kappa shape index (κ2) is 5.17. The molecule has 1 amide bonds. The highest BCUT2D eigenvalue weighted by atomic mass is 16.2. The van der Waals surface area contributed by atoms with Gasteiger partial charge in [-0.15, -0.1) is 0 Å². The second-order valence-electron chi connectivity index (χ2n) is 6.00. The van der Waals surface area contributed by atoms with Crippen LogP contribution in [-0.2, 0) is 4.79 Å². The van der Waals surface area contributed by atoms with Crippen LogP contribution in [0.1, 0.15) is 47.5 Å². The van der Waals surface area contributed by atoms with Crippen molar-refractivity contribution in [1.29, 1.82) is 0 Å². The molecule has 0 aromatic carbocycles. The van der Waals surface area contributed by atoms with Crippen LogP contribution in [0.3, 0.4) is 0 Å². The van der Waals surface area contributed by atoms with Gasteiger partial charge < -0.3 is 4.90 Å². The quantitative estimate of drug-likeness (QED) is 0.797. The van der Waals surface area contributed by atoms with Gasteiger partial charge in [0, 0.05) is 6.54 Å². The van der Waals surface area contributed by atoms with E-state index in [0.717, 1.165) is 19.4 Å². The molecule has 0 aliphatic carbocycles. The summed E-state index contributed by atoms with van der Waals surface area (Å²) in [7, 11) is 0. The van der Waals surface area contributed by atoms with Crippen LogP contribution in [0.15, 0.2) is 0 Å². The van der Waals surface area contributed by atoms with Crippen molar-refractivity contribution in [2.75, 3.05) is 13.1 Å². The van der Waals surface area contributed by atoms with Crippen molar-refractivity contribution in [2.24, 2.45) is 11.3 Å². The molecule has 3 nitrogen and oxygen atoms in total. The molecule has 0 radical (unpaired) electrons. The van der Waals surface area contributed by atoms with E-state index in [1.54, 1.807) is 0 Å². The first kappa shape index (κ1) is 13.5. The zero-order valence-corrected chi connectivity index (χ0v) is 11.3. The van der Waals surface area contributed by atoms with E-state index in [-0.39, 0.29) is 17.5 Å². The normalized spacial score (nSPS) is 23.9. The molecule has 0 spiro atoms.